The Bertz CT molecular complexity index is 959. The molecule has 0 N–H and O–H groups in total. The zero-order chi connectivity index (χ0) is 26.9. The normalized spacial score (nSPS) is 48.2. The van der Waals surface area contributed by atoms with Gasteiger partial charge in [0.2, 0.25) is 0 Å². The van der Waals surface area contributed by atoms with E-state index in [2.05, 4.69) is 90.0 Å². The molecule has 0 radical (unpaired) electrons. The maximum Gasteiger partial charge on any atom is 0.485 e. The molecular formula is C23H41F3O3P4S. The Morgan fingerprint density at radius 3 is 1.03 bits per heavy atom. The summed E-state index contributed by atoms with van der Waals surface area (Å²) in [5.74, 6) is 0. The van der Waals surface area contributed by atoms with Crippen LogP contribution in [0.5, 0.6) is 0 Å². The fraction of sp³-hybridized carbons (Fsp3) is 1.00. The maximum absolute atomic E-state index is 10.7. The van der Waals surface area contributed by atoms with Crippen molar-refractivity contribution >= 4 is 41.1 Å². The first-order chi connectivity index (χ1) is 14.7. The maximum atomic E-state index is 10.7. The second kappa shape index (κ2) is 6.41. The minimum Gasteiger partial charge on any atom is -0.741 e. The van der Waals surface area contributed by atoms with E-state index in [1.165, 1.54) is 0 Å². The third-order valence-corrected chi connectivity index (χ3v) is 44.5. The Labute approximate surface area is 208 Å². The van der Waals surface area contributed by atoms with Crippen molar-refractivity contribution in [3.05, 3.63) is 0 Å². The third-order valence-electron chi connectivity index (χ3n) is 9.19. The Balaban J connectivity index is 0.000000297. The number of hydrogen-bond acceptors (Lipinski definition) is 3. The first-order valence-corrected chi connectivity index (χ1v) is 19.4. The highest BCUT2D eigenvalue weighted by Crippen LogP contribution is 3.59. The molecule has 0 spiro atoms. The van der Waals surface area contributed by atoms with Gasteiger partial charge in [0, 0.05) is 40.0 Å². The van der Waals surface area contributed by atoms with Gasteiger partial charge in [-0.05, 0) is 12.3 Å². The van der Waals surface area contributed by atoms with Crippen LogP contribution in [0.2, 0.25) is 0 Å². The predicted octanol–water partition coefficient (Wildman–Crippen LogP) is 9.39. The Hall–Kier alpha value is 1.42. The molecule has 6 rings (SSSR count). The average molecular weight is 579 g/mol. The van der Waals surface area contributed by atoms with Crippen molar-refractivity contribution in [3.8, 4) is 0 Å². The molecule has 0 bridgehead atoms. The van der Waals surface area contributed by atoms with Crippen LogP contribution < -0.4 is 0 Å². The zero-order valence-electron chi connectivity index (χ0n) is 22.8. The summed E-state index contributed by atoms with van der Waals surface area (Å²) in [5, 5.41) is 0. The summed E-state index contributed by atoms with van der Waals surface area (Å²) < 4.78 is 62.4. The summed E-state index contributed by atoms with van der Waals surface area (Å²) in [6.07, 6.45) is 1.57. The van der Waals surface area contributed by atoms with Gasteiger partial charge in [-0.2, -0.15) is 13.2 Å². The van der Waals surface area contributed by atoms with Crippen molar-refractivity contribution in [1.82, 2.24) is 0 Å². The van der Waals surface area contributed by atoms with E-state index in [1.54, 1.807) is 6.16 Å². The standard InChI is InChI=1S/C22H41P4.CHF3O3S/c1-14-26-20(16(5,6)7)23-19(15(2,3)4)24(20)22(26,18(11,12)13)25(19)21(23,26)17(8,9)10;2-1(3,4)8(5,6)7/h14H2,1-13H3;(H,5,6,7)/q+1;/p-1. The van der Waals surface area contributed by atoms with Crippen LogP contribution in [0.1, 0.15) is 90.0 Å². The quantitative estimate of drug-likeness (QED) is 0.177. The van der Waals surface area contributed by atoms with Crippen LogP contribution in [0.15, 0.2) is 0 Å². The molecule has 0 amide bonds. The smallest absolute Gasteiger partial charge is 0.485 e. The molecular weight excluding hydrogens is 537 g/mol. The number of alkyl halides is 3. The molecule has 11 heteroatoms. The van der Waals surface area contributed by atoms with Crippen LogP contribution in [0, 0.1) is 21.7 Å². The molecule has 3 nitrogen and oxygen atoms in total. The average Bonchev–Trinajstić information content (AvgIpc) is 2.54. The van der Waals surface area contributed by atoms with Crippen LogP contribution in [-0.4, -0.2) is 43.2 Å². The third kappa shape index (κ3) is 2.07. The van der Waals surface area contributed by atoms with Gasteiger partial charge in [0.15, 0.2) is 10.1 Å². The molecule has 0 aromatic heterocycles. The molecule has 6 fully saturated rings. The molecule has 198 valence electrons. The van der Waals surface area contributed by atoms with Gasteiger partial charge in [-0.15, -0.1) is 0 Å². The van der Waals surface area contributed by atoms with Crippen molar-refractivity contribution in [2.24, 2.45) is 21.7 Å². The van der Waals surface area contributed by atoms with Crippen molar-refractivity contribution in [1.29, 1.82) is 0 Å². The minimum atomic E-state index is -6.09. The molecule has 0 atom stereocenters. The van der Waals surface area contributed by atoms with Crippen LogP contribution in [0.4, 0.5) is 13.2 Å². The van der Waals surface area contributed by atoms with Gasteiger partial charge in [0.05, 0.1) is 18.1 Å². The van der Waals surface area contributed by atoms with E-state index in [-0.39, 0.29) is 23.8 Å². The number of hydrogen-bond donors (Lipinski definition) is 0. The van der Waals surface area contributed by atoms with E-state index in [0.29, 0.717) is 21.7 Å². The van der Waals surface area contributed by atoms with Gasteiger partial charge >= 0.3 is 5.51 Å². The van der Waals surface area contributed by atoms with Crippen LogP contribution in [0.3, 0.4) is 0 Å². The van der Waals surface area contributed by atoms with Crippen LogP contribution in [-0.2, 0) is 10.1 Å². The SMILES string of the molecule is CC[P+]12C3(C(C)(C)C)P4C5(C(C)(C)C)P3C1(C(C)(C)C)P5C42C(C)(C)C.O=S(=O)([O-])C(F)(F)F. The van der Waals surface area contributed by atoms with E-state index in [4.69, 9.17) is 13.0 Å². The Kier molecular flexibility index (Phi) is 5.36. The Morgan fingerprint density at radius 1 is 0.676 bits per heavy atom. The van der Waals surface area contributed by atoms with E-state index >= 15 is 0 Å². The Morgan fingerprint density at radius 2 is 0.912 bits per heavy atom. The highest BCUT2D eigenvalue weighted by molar-refractivity contribution is 8.57. The molecule has 0 aromatic carbocycles. The van der Waals surface area contributed by atoms with E-state index in [9.17, 15) is 13.2 Å². The van der Waals surface area contributed by atoms with Gasteiger partial charge in [-0.1, -0.05) is 83.1 Å². The molecule has 6 aliphatic rings. The first-order valence-electron chi connectivity index (χ1n) is 12.0. The second-order valence-electron chi connectivity index (χ2n) is 14.6. The van der Waals surface area contributed by atoms with Crippen molar-refractivity contribution in [3.63, 3.8) is 0 Å². The highest BCUT2D eigenvalue weighted by atomic mass is 32.2. The monoisotopic (exact) mass is 578 g/mol. The van der Waals surface area contributed by atoms with Crippen LogP contribution >= 0.6 is 31.0 Å². The molecule has 0 saturated carbocycles. The lowest BCUT2D eigenvalue weighted by Gasteiger charge is -3.20. The van der Waals surface area contributed by atoms with Crippen molar-refractivity contribution in [2.75, 3.05) is 6.16 Å². The summed E-state index contributed by atoms with van der Waals surface area (Å²) in [7, 11) is -6.28. The summed E-state index contributed by atoms with van der Waals surface area (Å²) in [4.78, 5) is 0. The number of halogens is 3. The van der Waals surface area contributed by atoms with Gasteiger partial charge < -0.3 is 4.55 Å². The minimum absolute atomic E-state index is 0.234. The topological polar surface area (TPSA) is 57.2 Å². The summed E-state index contributed by atoms with van der Waals surface area (Å²) >= 11 is 0. The van der Waals surface area contributed by atoms with Crippen LogP contribution in [0.25, 0.3) is 0 Å². The summed E-state index contributed by atoms with van der Waals surface area (Å²) in [5.41, 5.74) is -3.44. The van der Waals surface area contributed by atoms with Crippen molar-refractivity contribution < 1.29 is 26.1 Å². The fourth-order valence-electron chi connectivity index (χ4n) is 9.36. The summed E-state index contributed by atoms with van der Waals surface area (Å²) in [6, 6.07) is 0. The molecule has 6 aliphatic heterocycles. The van der Waals surface area contributed by atoms with Crippen molar-refractivity contribution in [2.45, 2.75) is 114 Å². The molecule has 0 unspecified atom stereocenters. The molecule has 0 aliphatic carbocycles. The molecule has 34 heavy (non-hydrogen) atoms. The lowest BCUT2D eigenvalue weighted by molar-refractivity contribution is -0.0517. The van der Waals surface area contributed by atoms with Gasteiger partial charge in [-0.3, -0.25) is 0 Å². The molecule has 6 saturated heterocycles. The lowest BCUT2D eigenvalue weighted by Crippen LogP contribution is -3.05. The lowest BCUT2D eigenvalue weighted by atomic mass is 9.95. The molecule has 0 aromatic rings. The van der Waals surface area contributed by atoms with Gasteiger partial charge in [0.25, 0.3) is 0 Å². The summed E-state index contributed by atoms with van der Waals surface area (Å²) in [6.45, 7) is 34.5. The van der Waals surface area contributed by atoms with Gasteiger partial charge in [-0.25, -0.2) is 8.42 Å². The highest BCUT2D eigenvalue weighted by Gasteiger charge is 3.34. The first kappa shape index (κ1) is 28.4. The van der Waals surface area contributed by atoms with Gasteiger partial charge in [0.1, 0.15) is 13.9 Å². The molecule has 6 heterocycles. The fourth-order valence-corrected chi connectivity index (χ4v) is 66.9. The predicted molar refractivity (Wildman–Crippen MR) is 143 cm³/mol. The number of rotatable bonds is 1. The van der Waals surface area contributed by atoms with E-state index in [0.717, 1.165) is 18.6 Å². The second-order valence-corrected chi connectivity index (χ2v) is 32.5. The largest absolute Gasteiger partial charge is 0.741 e. The van der Waals surface area contributed by atoms with E-state index in [1.807, 2.05) is 0 Å². The zero-order valence-corrected chi connectivity index (χ0v) is 27.2. The van der Waals surface area contributed by atoms with E-state index < -0.39 is 22.9 Å².